The first kappa shape index (κ1) is 69.2. The van der Waals surface area contributed by atoms with Gasteiger partial charge in [-0.2, -0.15) is 0 Å². The minimum Gasteiger partial charge on any atom is -0.479 e. The number of ether oxygens (including phenoxy) is 5. The fourth-order valence-corrected chi connectivity index (χ4v) is 8.66. The van der Waals surface area contributed by atoms with Crippen LogP contribution in [0.4, 0.5) is 0 Å². The van der Waals surface area contributed by atoms with Crippen molar-refractivity contribution >= 4 is 23.9 Å². The average Bonchev–Trinajstić information content (AvgIpc) is 3.39. The number of aliphatic hydroxyl groups excluding tert-OH is 2. The molecular formula is C63H106O12. The highest BCUT2D eigenvalue weighted by Crippen LogP contribution is 2.26. The van der Waals surface area contributed by atoms with Crippen molar-refractivity contribution in [3.05, 3.63) is 72.9 Å². The van der Waals surface area contributed by atoms with E-state index in [9.17, 15) is 34.5 Å². The molecule has 1 aliphatic heterocycles. The predicted octanol–water partition coefficient (Wildman–Crippen LogP) is 15.3. The number of allylic oxidation sites excluding steroid dienone is 12. The summed E-state index contributed by atoms with van der Waals surface area (Å²) in [4.78, 5) is 51.1. The number of rotatable bonds is 50. The van der Waals surface area contributed by atoms with E-state index in [2.05, 4.69) is 81.5 Å². The third-order valence-electron chi connectivity index (χ3n) is 13.3. The summed E-state index contributed by atoms with van der Waals surface area (Å²) >= 11 is 0. The summed E-state index contributed by atoms with van der Waals surface area (Å²) in [6.07, 6.45) is 51.8. The molecule has 0 aromatic heterocycles. The molecule has 1 fully saturated rings. The van der Waals surface area contributed by atoms with E-state index in [1.54, 1.807) is 0 Å². The molecule has 1 saturated heterocycles. The molecule has 6 unspecified atom stereocenters. The van der Waals surface area contributed by atoms with Crippen LogP contribution in [0.1, 0.15) is 252 Å². The summed E-state index contributed by atoms with van der Waals surface area (Å²) in [6.45, 7) is 5.80. The zero-order chi connectivity index (χ0) is 54.7. The van der Waals surface area contributed by atoms with Gasteiger partial charge in [0.25, 0.3) is 0 Å². The van der Waals surface area contributed by atoms with Gasteiger partial charge in [0.05, 0.1) is 6.61 Å². The van der Waals surface area contributed by atoms with Gasteiger partial charge in [0.15, 0.2) is 24.6 Å². The van der Waals surface area contributed by atoms with Gasteiger partial charge >= 0.3 is 23.9 Å². The molecule has 0 radical (unpaired) electrons. The largest absolute Gasteiger partial charge is 0.479 e. The maximum Gasteiger partial charge on any atom is 0.335 e. The summed E-state index contributed by atoms with van der Waals surface area (Å²) in [5.74, 6) is -3.24. The number of carbonyl (C=O) groups is 4. The van der Waals surface area contributed by atoms with E-state index in [1.165, 1.54) is 96.3 Å². The van der Waals surface area contributed by atoms with E-state index in [0.29, 0.717) is 25.7 Å². The summed E-state index contributed by atoms with van der Waals surface area (Å²) in [6, 6.07) is 0. The fraction of sp³-hybridized carbons (Fsp3) is 0.746. The molecule has 0 aromatic rings. The first-order valence-electron chi connectivity index (χ1n) is 29.9. The number of aliphatic carboxylic acids is 1. The lowest BCUT2D eigenvalue weighted by Gasteiger charge is -2.40. The third-order valence-corrected chi connectivity index (χ3v) is 13.3. The molecule has 3 N–H and O–H groups in total. The molecule has 0 amide bonds. The number of aliphatic hydroxyl groups is 2. The molecule has 1 rings (SSSR count). The number of esters is 3. The molecule has 0 aliphatic carbocycles. The van der Waals surface area contributed by atoms with Gasteiger partial charge in [-0.3, -0.25) is 14.4 Å². The number of hydrogen-bond donors (Lipinski definition) is 3. The number of hydrogen-bond acceptors (Lipinski definition) is 11. The van der Waals surface area contributed by atoms with Crippen molar-refractivity contribution in [2.75, 3.05) is 13.2 Å². The average molecular weight is 1060 g/mol. The van der Waals surface area contributed by atoms with Crippen LogP contribution < -0.4 is 0 Å². The zero-order valence-electron chi connectivity index (χ0n) is 47.3. The smallest absolute Gasteiger partial charge is 0.335 e. The van der Waals surface area contributed by atoms with Crippen LogP contribution in [0.3, 0.4) is 0 Å². The Bertz CT molecular complexity index is 1580. The molecule has 430 valence electrons. The maximum absolute atomic E-state index is 13.1. The van der Waals surface area contributed by atoms with Gasteiger partial charge in [-0.05, 0) is 96.3 Å². The van der Waals surface area contributed by atoms with Gasteiger partial charge in [-0.15, -0.1) is 0 Å². The topological polar surface area (TPSA) is 175 Å². The lowest BCUT2D eigenvalue weighted by Crippen LogP contribution is -2.61. The van der Waals surface area contributed by atoms with Crippen LogP contribution in [0.5, 0.6) is 0 Å². The number of carbonyl (C=O) groups excluding carboxylic acids is 3. The van der Waals surface area contributed by atoms with Crippen LogP contribution in [-0.4, -0.2) is 89.2 Å². The summed E-state index contributed by atoms with van der Waals surface area (Å²) < 4.78 is 28.3. The Kier molecular flexibility index (Phi) is 47.0. The highest BCUT2D eigenvalue weighted by atomic mass is 16.7. The Morgan fingerprint density at radius 1 is 0.453 bits per heavy atom. The van der Waals surface area contributed by atoms with E-state index in [1.807, 2.05) is 12.2 Å². The van der Waals surface area contributed by atoms with Crippen molar-refractivity contribution in [3.63, 3.8) is 0 Å². The van der Waals surface area contributed by atoms with Crippen molar-refractivity contribution in [1.82, 2.24) is 0 Å². The van der Waals surface area contributed by atoms with Gasteiger partial charge < -0.3 is 39.0 Å². The Morgan fingerprint density at radius 2 is 0.867 bits per heavy atom. The van der Waals surface area contributed by atoms with Gasteiger partial charge in [0.2, 0.25) is 0 Å². The van der Waals surface area contributed by atoms with Crippen LogP contribution in [0, 0.1) is 0 Å². The molecule has 0 saturated carbocycles. The minimum absolute atomic E-state index is 0.0388. The van der Waals surface area contributed by atoms with Gasteiger partial charge in [-0.25, -0.2) is 4.79 Å². The summed E-state index contributed by atoms with van der Waals surface area (Å²) in [5, 5.41) is 31.5. The molecule has 12 nitrogen and oxygen atoms in total. The van der Waals surface area contributed by atoms with E-state index < -0.39 is 67.3 Å². The van der Waals surface area contributed by atoms with Crippen LogP contribution in [0.25, 0.3) is 0 Å². The van der Waals surface area contributed by atoms with Gasteiger partial charge in [0, 0.05) is 19.3 Å². The Labute approximate surface area is 455 Å². The van der Waals surface area contributed by atoms with Crippen LogP contribution >= 0.6 is 0 Å². The first-order chi connectivity index (χ1) is 36.6. The van der Waals surface area contributed by atoms with Crippen LogP contribution in [-0.2, 0) is 42.9 Å². The second kappa shape index (κ2) is 50.9. The molecule has 75 heavy (non-hydrogen) atoms. The molecule has 1 aliphatic rings. The quantitative estimate of drug-likeness (QED) is 0.0228. The normalized spacial score (nSPS) is 18.7. The van der Waals surface area contributed by atoms with Crippen molar-refractivity contribution in [2.45, 2.75) is 289 Å². The molecule has 0 aromatic carbocycles. The van der Waals surface area contributed by atoms with E-state index in [-0.39, 0.29) is 25.9 Å². The molecule has 0 bridgehead atoms. The molecule has 1 heterocycles. The summed E-state index contributed by atoms with van der Waals surface area (Å²) in [7, 11) is 0. The van der Waals surface area contributed by atoms with Crippen LogP contribution in [0.2, 0.25) is 0 Å². The first-order valence-corrected chi connectivity index (χ1v) is 29.9. The number of carboxylic acid groups (broad SMARTS) is 1. The minimum atomic E-state index is -1.92. The van der Waals surface area contributed by atoms with Crippen molar-refractivity contribution < 1.29 is 58.2 Å². The van der Waals surface area contributed by atoms with Crippen molar-refractivity contribution in [2.24, 2.45) is 0 Å². The fourth-order valence-electron chi connectivity index (χ4n) is 8.66. The second-order valence-corrected chi connectivity index (χ2v) is 20.2. The number of unbranched alkanes of at least 4 members (excludes halogenated alkanes) is 24. The Hall–Kier alpha value is -3.84. The lowest BCUT2D eigenvalue weighted by molar-refractivity contribution is -0.301. The van der Waals surface area contributed by atoms with E-state index >= 15 is 0 Å². The van der Waals surface area contributed by atoms with Gasteiger partial charge in [-0.1, -0.05) is 209 Å². The highest BCUT2D eigenvalue weighted by molar-refractivity contribution is 5.74. The number of carboxylic acids is 1. The van der Waals surface area contributed by atoms with E-state index in [0.717, 1.165) is 89.9 Å². The lowest BCUT2D eigenvalue weighted by atomic mass is 9.98. The molecule has 6 atom stereocenters. The molecular weight excluding hydrogens is 949 g/mol. The third kappa shape index (κ3) is 41.0. The Morgan fingerprint density at radius 3 is 1.33 bits per heavy atom. The second-order valence-electron chi connectivity index (χ2n) is 20.2. The summed E-state index contributed by atoms with van der Waals surface area (Å²) in [5.41, 5.74) is 0. The predicted molar refractivity (Wildman–Crippen MR) is 303 cm³/mol. The SMILES string of the molecule is CC/C=C\C/C=C\C/C=C\C/C=C\CCC(=O)OC(COC(=O)CCCCCCCCC/C=C\CCCCCCCC)COC1OC(C(=O)O)C(O)C(O)C1OC(=O)CCCCCCC/C=C\CCCCCCCC. The standard InChI is InChI=1S/C63H106O12/c1-4-7-10-13-16-19-22-25-27-28-30-32-34-37-40-43-46-49-55(64)71-52-54(73-56(65)50-47-44-41-38-35-31-24-21-18-15-12-9-6-3)53-72-63-61(59(68)58(67)60(75-63)62(69)70)74-57(66)51-48-45-42-39-36-33-29-26-23-20-17-14-11-8-5-2/h9,12,18,21,25-27,29,31,35,41,44,54,58-61,63,67-68H,4-8,10-11,13-17,19-20,22-24,28,30,32-34,36-40,42-43,45-53H2,1-3H3,(H,69,70)/b12-9-,21-18-,27-25-,29-26-,35-31-,44-41-. The maximum atomic E-state index is 13.1. The van der Waals surface area contributed by atoms with Crippen molar-refractivity contribution in [1.29, 1.82) is 0 Å². The highest BCUT2D eigenvalue weighted by Gasteiger charge is 2.50. The molecule has 0 spiro atoms. The Balaban J connectivity index is 2.72. The van der Waals surface area contributed by atoms with Crippen LogP contribution in [0.15, 0.2) is 72.9 Å². The monoisotopic (exact) mass is 1050 g/mol. The van der Waals surface area contributed by atoms with Crippen molar-refractivity contribution in [3.8, 4) is 0 Å². The van der Waals surface area contributed by atoms with E-state index in [4.69, 9.17) is 23.7 Å². The molecule has 12 heteroatoms. The zero-order valence-corrected chi connectivity index (χ0v) is 47.3. The van der Waals surface area contributed by atoms with Gasteiger partial charge in [0.1, 0.15) is 18.8 Å².